The van der Waals surface area contributed by atoms with Crippen molar-refractivity contribution < 1.29 is 9.53 Å². The van der Waals surface area contributed by atoms with Gasteiger partial charge < -0.3 is 10.5 Å². The van der Waals surface area contributed by atoms with Gasteiger partial charge in [-0.15, -0.1) is 0 Å². The summed E-state index contributed by atoms with van der Waals surface area (Å²) in [5.74, 6) is 1.02. The summed E-state index contributed by atoms with van der Waals surface area (Å²) in [4.78, 5) is 10.9. The van der Waals surface area contributed by atoms with Gasteiger partial charge in [0, 0.05) is 12.8 Å². The van der Waals surface area contributed by atoms with E-state index in [4.69, 9.17) is 10.5 Å². The van der Waals surface area contributed by atoms with Crippen molar-refractivity contribution in [3.8, 4) is 5.75 Å². The first-order valence-corrected chi connectivity index (χ1v) is 4.59. The van der Waals surface area contributed by atoms with Gasteiger partial charge in [0.25, 0.3) is 0 Å². The van der Waals surface area contributed by atoms with E-state index in [0.717, 1.165) is 11.3 Å². The standard InChI is InChI=1S/C11H13NO2/c1-14-10-4-2-3-8(5-10)11(12)6-9(13)7-11/h2-5H,6-7,12H2,1H3. The van der Waals surface area contributed by atoms with Crippen LogP contribution in [0.1, 0.15) is 18.4 Å². The SMILES string of the molecule is COc1cccc(C2(N)CC(=O)C2)c1. The van der Waals surface area contributed by atoms with E-state index >= 15 is 0 Å². The molecule has 1 aromatic carbocycles. The van der Waals surface area contributed by atoms with E-state index < -0.39 is 5.54 Å². The van der Waals surface area contributed by atoms with Gasteiger partial charge in [0.15, 0.2) is 0 Å². The lowest BCUT2D eigenvalue weighted by Crippen LogP contribution is -2.49. The number of benzene rings is 1. The zero-order valence-corrected chi connectivity index (χ0v) is 8.12. The molecule has 0 atom stereocenters. The Morgan fingerprint density at radius 3 is 2.71 bits per heavy atom. The highest BCUT2D eigenvalue weighted by Gasteiger charge is 2.41. The Kier molecular flexibility index (Phi) is 2.04. The monoisotopic (exact) mass is 191 g/mol. The van der Waals surface area contributed by atoms with E-state index in [1.54, 1.807) is 7.11 Å². The molecule has 0 amide bonds. The highest BCUT2D eigenvalue weighted by molar-refractivity contribution is 5.88. The predicted molar refractivity (Wildman–Crippen MR) is 53.1 cm³/mol. The maximum absolute atomic E-state index is 10.9. The molecule has 0 radical (unpaired) electrons. The van der Waals surface area contributed by atoms with Crippen molar-refractivity contribution in [2.75, 3.05) is 7.11 Å². The smallest absolute Gasteiger partial charge is 0.137 e. The molecule has 74 valence electrons. The molecular weight excluding hydrogens is 178 g/mol. The fourth-order valence-electron chi connectivity index (χ4n) is 1.79. The third-order valence-corrected chi connectivity index (χ3v) is 2.67. The van der Waals surface area contributed by atoms with Crippen molar-refractivity contribution >= 4 is 5.78 Å². The number of Topliss-reactive ketones (excluding diaryl/α,β-unsaturated/α-hetero) is 1. The molecule has 0 unspecified atom stereocenters. The number of methoxy groups -OCH3 is 1. The van der Waals surface area contributed by atoms with Gasteiger partial charge in [0.2, 0.25) is 0 Å². The Labute approximate surface area is 82.9 Å². The zero-order valence-electron chi connectivity index (χ0n) is 8.12. The number of hydrogen-bond acceptors (Lipinski definition) is 3. The van der Waals surface area contributed by atoms with Crippen LogP contribution in [-0.2, 0) is 10.3 Å². The summed E-state index contributed by atoms with van der Waals surface area (Å²) in [6, 6.07) is 7.60. The van der Waals surface area contributed by atoms with Crippen molar-refractivity contribution in [3.63, 3.8) is 0 Å². The number of nitrogens with two attached hydrogens (primary N) is 1. The molecule has 0 heterocycles. The van der Waals surface area contributed by atoms with Gasteiger partial charge in [-0.1, -0.05) is 12.1 Å². The van der Waals surface area contributed by atoms with E-state index in [-0.39, 0.29) is 5.78 Å². The van der Waals surface area contributed by atoms with Crippen molar-refractivity contribution in [3.05, 3.63) is 29.8 Å². The Morgan fingerprint density at radius 1 is 1.43 bits per heavy atom. The second-order valence-corrected chi connectivity index (χ2v) is 3.78. The maximum atomic E-state index is 10.9. The molecule has 1 aliphatic carbocycles. The average Bonchev–Trinajstić information content (AvgIpc) is 2.16. The Bertz CT molecular complexity index is 365. The van der Waals surface area contributed by atoms with Crippen LogP contribution in [0.5, 0.6) is 5.75 Å². The lowest BCUT2D eigenvalue weighted by molar-refractivity contribution is -0.128. The van der Waals surface area contributed by atoms with Gasteiger partial charge in [0.05, 0.1) is 12.6 Å². The average molecular weight is 191 g/mol. The van der Waals surface area contributed by atoms with Gasteiger partial charge in [-0.25, -0.2) is 0 Å². The van der Waals surface area contributed by atoms with Crippen LogP contribution >= 0.6 is 0 Å². The van der Waals surface area contributed by atoms with E-state index in [1.807, 2.05) is 24.3 Å². The fourth-order valence-corrected chi connectivity index (χ4v) is 1.79. The topological polar surface area (TPSA) is 52.3 Å². The fraction of sp³-hybridized carbons (Fsp3) is 0.364. The number of ketones is 1. The first-order valence-electron chi connectivity index (χ1n) is 4.59. The molecule has 14 heavy (non-hydrogen) atoms. The summed E-state index contributed by atoms with van der Waals surface area (Å²) in [6.07, 6.45) is 0.889. The van der Waals surface area contributed by atoms with Crippen LogP contribution in [0.25, 0.3) is 0 Å². The largest absolute Gasteiger partial charge is 0.497 e. The van der Waals surface area contributed by atoms with Crippen LogP contribution in [0.15, 0.2) is 24.3 Å². The lowest BCUT2D eigenvalue weighted by Gasteiger charge is -2.37. The van der Waals surface area contributed by atoms with Crippen molar-refractivity contribution in [1.82, 2.24) is 0 Å². The van der Waals surface area contributed by atoms with E-state index in [2.05, 4.69) is 0 Å². The van der Waals surface area contributed by atoms with Crippen molar-refractivity contribution in [2.45, 2.75) is 18.4 Å². The summed E-state index contributed by atoms with van der Waals surface area (Å²) in [7, 11) is 1.62. The third kappa shape index (κ3) is 1.40. The summed E-state index contributed by atoms with van der Waals surface area (Å²) >= 11 is 0. The molecule has 1 aliphatic rings. The summed E-state index contributed by atoms with van der Waals surface area (Å²) in [5, 5.41) is 0. The molecule has 0 spiro atoms. The number of ether oxygens (including phenoxy) is 1. The number of carbonyl (C=O) groups excluding carboxylic acids is 1. The maximum Gasteiger partial charge on any atom is 0.137 e. The molecule has 1 fully saturated rings. The Hall–Kier alpha value is -1.35. The summed E-state index contributed by atoms with van der Waals surface area (Å²) < 4.78 is 5.10. The Balaban J connectivity index is 2.28. The molecule has 0 bridgehead atoms. The highest BCUT2D eigenvalue weighted by atomic mass is 16.5. The quantitative estimate of drug-likeness (QED) is 0.764. The van der Waals surface area contributed by atoms with E-state index in [9.17, 15) is 4.79 Å². The zero-order chi connectivity index (χ0) is 10.2. The van der Waals surface area contributed by atoms with Crippen LogP contribution < -0.4 is 10.5 Å². The van der Waals surface area contributed by atoms with Crippen LogP contribution in [0, 0.1) is 0 Å². The molecular formula is C11H13NO2. The molecule has 0 aromatic heterocycles. The van der Waals surface area contributed by atoms with Gasteiger partial charge in [-0.05, 0) is 17.7 Å². The highest BCUT2D eigenvalue weighted by Crippen LogP contribution is 2.36. The minimum atomic E-state index is -0.453. The molecule has 2 rings (SSSR count). The second-order valence-electron chi connectivity index (χ2n) is 3.78. The lowest BCUT2D eigenvalue weighted by atomic mass is 9.72. The normalized spacial score (nSPS) is 18.9. The van der Waals surface area contributed by atoms with Gasteiger partial charge in [0.1, 0.15) is 11.5 Å². The molecule has 2 N–H and O–H groups in total. The van der Waals surface area contributed by atoms with Gasteiger partial charge in [-0.3, -0.25) is 4.79 Å². The number of carbonyl (C=O) groups is 1. The van der Waals surface area contributed by atoms with E-state index in [1.165, 1.54) is 0 Å². The van der Waals surface area contributed by atoms with Crippen LogP contribution in [0.4, 0.5) is 0 Å². The predicted octanol–water partition coefficient (Wildman–Crippen LogP) is 1.21. The Morgan fingerprint density at radius 2 is 2.14 bits per heavy atom. The molecule has 1 saturated carbocycles. The number of rotatable bonds is 2. The van der Waals surface area contributed by atoms with Crippen molar-refractivity contribution in [2.24, 2.45) is 5.73 Å². The summed E-state index contributed by atoms with van der Waals surface area (Å²) in [5.41, 5.74) is 6.59. The molecule has 0 saturated heterocycles. The molecule has 0 aliphatic heterocycles. The molecule has 1 aromatic rings. The molecule has 3 heteroatoms. The minimum absolute atomic E-state index is 0.232. The van der Waals surface area contributed by atoms with Crippen LogP contribution in [-0.4, -0.2) is 12.9 Å². The van der Waals surface area contributed by atoms with Gasteiger partial charge in [-0.2, -0.15) is 0 Å². The first kappa shape index (κ1) is 9.21. The first-order chi connectivity index (χ1) is 6.64. The van der Waals surface area contributed by atoms with Gasteiger partial charge >= 0.3 is 0 Å². The number of hydrogen-bond donors (Lipinski definition) is 1. The van der Waals surface area contributed by atoms with Crippen LogP contribution in [0.2, 0.25) is 0 Å². The summed E-state index contributed by atoms with van der Waals surface area (Å²) in [6.45, 7) is 0. The van der Waals surface area contributed by atoms with E-state index in [0.29, 0.717) is 12.8 Å². The second kappa shape index (κ2) is 3.10. The molecule has 3 nitrogen and oxygen atoms in total. The van der Waals surface area contributed by atoms with Crippen LogP contribution in [0.3, 0.4) is 0 Å². The van der Waals surface area contributed by atoms with Crippen molar-refractivity contribution in [1.29, 1.82) is 0 Å². The third-order valence-electron chi connectivity index (χ3n) is 2.67. The minimum Gasteiger partial charge on any atom is -0.497 e.